The van der Waals surface area contributed by atoms with E-state index in [9.17, 15) is 9.59 Å². The molecule has 0 fully saturated rings. The van der Waals surface area contributed by atoms with E-state index in [0.29, 0.717) is 42.4 Å². The summed E-state index contributed by atoms with van der Waals surface area (Å²) in [6.07, 6.45) is 0. The van der Waals surface area contributed by atoms with Gasteiger partial charge < -0.3 is 15.0 Å². The van der Waals surface area contributed by atoms with Crippen LogP contribution >= 0.6 is 0 Å². The molecule has 5 nitrogen and oxygen atoms in total. The molecule has 0 atom stereocenters. The Balaban J connectivity index is 2.05. The largest absolute Gasteiger partial charge is 0.493 e. The number of anilines is 1. The third-order valence-electron chi connectivity index (χ3n) is 4.12. The van der Waals surface area contributed by atoms with Crippen molar-refractivity contribution >= 4 is 17.5 Å². The number of rotatable bonds is 8. The predicted octanol–water partition coefficient (Wildman–Crippen LogP) is 4.46. The molecule has 27 heavy (non-hydrogen) atoms. The summed E-state index contributed by atoms with van der Waals surface area (Å²) in [6.45, 7) is 10.00. The molecular formula is C22H28N2O3. The van der Waals surface area contributed by atoms with E-state index >= 15 is 0 Å². The Hall–Kier alpha value is -2.82. The molecule has 2 amide bonds. The molecule has 0 saturated heterocycles. The van der Waals surface area contributed by atoms with E-state index in [0.717, 1.165) is 5.75 Å². The smallest absolute Gasteiger partial charge is 0.255 e. The van der Waals surface area contributed by atoms with Gasteiger partial charge in [0, 0.05) is 29.9 Å². The third kappa shape index (κ3) is 5.84. The summed E-state index contributed by atoms with van der Waals surface area (Å²) in [5.74, 6) is 0.923. The van der Waals surface area contributed by atoms with Crippen molar-refractivity contribution < 1.29 is 14.3 Å². The van der Waals surface area contributed by atoms with Crippen molar-refractivity contribution in [1.82, 2.24) is 4.90 Å². The van der Waals surface area contributed by atoms with Crippen molar-refractivity contribution in [2.45, 2.75) is 27.7 Å². The fraction of sp³-hybridized carbons (Fsp3) is 0.364. The molecule has 0 saturated carbocycles. The van der Waals surface area contributed by atoms with Crippen LogP contribution in [0.1, 0.15) is 48.4 Å². The van der Waals surface area contributed by atoms with E-state index in [4.69, 9.17) is 4.74 Å². The zero-order valence-electron chi connectivity index (χ0n) is 16.5. The lowest BCUT2D eigenvalue weighted by Gasteiger charge is -2.19. The van der Waals surface area contributed by atoms with Crippen molar-refractivity contribution in [3.8, 4) is 5.75 Å². The molecule has 0 spiro atoms. The first-order chi connectivity index (χ1) is 12.9. The van der Waals surface area contributed by atoms with Gasteiger partial charge in [-0.15, -0.1) is 0 Å². The van der Waals surface area contributed by atoms with Crippen LogP contribution in [-0.4, -0.2) is 36.4 Å². The summed E-state index contributed by atoms with van der Waals surface area (Å²) in [4.78, 5) is 26.7. The Bertz CT molecular complexity index is 765. The topological polar surface area (TPSA) is 58.6 Å². The van der Waals surface area contributed by atoms with Gasteiger partial charge in [-0.2, -0.15) is 0 Å². The monoisotopic (exact) mass is 368 g/mol. The van der Waals surface area contributed by atoms with Gasteiger partial charge in [0.05, 0.1) is 6.61 Å². The number of nitrogens with one attached hydrogen (secondary N) is 1. The highest BCUT2D eigenvalue weighted by molar-refractivity contribution is 6.05. The lowest BCUT2D eigenvalue weighted by Crippen LogP contribution is -2.30. The minimum Gasteiger partial charge on any atom is -0.493 e. The highest BCUT2D eigenvalue weighted by atomic mass is 16.5. The highest BCUT2D eigenvalue weighted by Gasteiger charge is 2.13. The van der Waals surface area contributed by atoms with E-state index in [1.807, 2.05) is 13.8 Å². The zero-order chi connectivity index (χ0) is 19.8. The fourth-order valence-electron chi connectivity index (χ4n) is 2.59. The molecular weight excluding hydrogens is 340 g/mol. The van der Waals surface area contributed by atoms with Crippen LogP contribution in [0.15, 0.2) is 48.5 Å². The molecule has 5 heteroatoms. The molecule has 2 aromatic rings. The van der Waals surface area contributed by atoms with Crippen LogP contribution in [0.25, 0.3) is 0 Å². The van der Waals surface area contributed by atoms with Gasteiger partial charge in [0.25, 0.3) is 11.8 Å². The summed E-state index contributed by atoms with van der Waals surface area (Å²) in [5, 5.41) is 2.85. The van der Waals surface area contributed by atoms with E-state index in [1.165, 1.54) is 0 Å². The van der Waals surface area contributed by atoms with Gasteiger partial charge in [0.15, 0.2) is 0 Å². The normalized spacial score (nSPS) is 10.6. The average Bonchev–Trinajstić information content (AvgIpc) is 2.67. The minimum absolute atomic E-state index is 0.0391. The summed E-state index contributed by atoms with van der Waals surface area (Å²) in [6, 6.07) is 14.1. The van der Waals surface area contributed by atoms with Crippen molar-refractivity contribution in [3.05, 3.63) is 59.7 Å². The summed E-state index contributed by atoms with van der Waals surface area (Å²) >= 11 is 0. The first-order valence-electron chi connectivity index (χ1n) is 9.38. The third-order valence-corrected chi connectivity index (χ3v) is 4.12. The van der Waals surface area contributed by atoms with Crippen molar-refractivity contribution in [1.29, 1.82) is 0 Å². The molecule has 0 aromatic heterocycles. The SMILES string of the molecule is CCN(CC)C(=O)c1cccc(NC(=O)c2ccc(OCC(C)C)cc2)c1. The van der Waals surface area contributed by atoms with Gasteiger partial charge in [0.1, 0.15) is 5.75 Å². The Morgan fingerprint density at radius 2 is 1.67 bits per heavy atom. The second-order valence-corrected chi connectivity index (χ2v) is 6.74. The number of nitrogens with zero attached hydrogens (tertiary/aromatic N) is 1. The maximum atomic E-state index is 12.5. The lowest BCUT2D eigenvalue weighted by atomic mass is 10.1. The minimum atomic E-state index is -0.224. The molecule has 1 N–H and O–H groups in total. The van der Waals surface area contributed by atoms with Crippen LogP contribution in [0.2, 0.25) is 0 Å². The second kappa shape index (κ2) is 9.76. The molecule has 144 valence electrons. The lowest BCUT2D eigenvalue weighted by molar-refractivity contribution is 0.0772. The molecule has 2 aromatic carbocycles. The Kier molecular flexibility index (Phi) is 7.41. The average molecular weight is 368 g/mol. The van der Waals surface area contributed by atoms with Gasteiger partial charge in [-0.3, -0.25) is 9.59 Å². The van der Waals surface area contributed by atoms with Crippen LogP contribution < -0.4 is 10.1 Å². The first-order valence-corrected chi connectivity index (χ1v) is 9.38. The van der Waals surface area contributed by atoms with Crippen molar-refractivity contribution in [2.24, 2.45) is 5.92 Å². The van der Waals surface area contributed by atoms with Crippen LogP contribution in [0, 0.1) is 5.92 Å². The van der Waals surface area contributed by atoms with Gasteiger partial charge >= 0.3 is 0 Å². The van der Waals surface area contributed by atoms with Crippen LogP contribution in [0.5, 0.6) is 5.75 Å². The quantitative estimate of drug-likeness (QED) is 0.748. The van der Waals surface area contributed by atoms with Gasteiger partial charge in [-0.25, -0.2) is 0 Å². The maximum Gasteiger partial charge on any atom is 0.255 e. The van der Waals surface area contributed by atoms with E-state index in [1.54, 1.807) is 53.4 Å². The molecule has 2 rings (SSSR count). The molecule has 0 aliphatic carbocycles. The van der Waals surface area contributed by atoms with E-state index < -0.39 is 0 Å². The van der Waals surface area contributed by atoms with Crippen LogP contribution in [0.4, 0.5) is 5.69 Å². The fourth-order valence-corrected chi connectivity index (χ4v) is 2.59. The molecule has 0 unspecified atom stereocenters. The van der Waals surface area contributed by atoms with E-state index in [2.05, 4.69) is 19.2 Å². The Morgan fingerprint density at radius 1 is 1.00 bits per heavy atom. The highest BCUT2D eigenvalue weighted by Crippen LogP contribution is 2.17. The standard InChI is InChI=1S/C22H28N2O3/c1-5-24(6-2)22(26)18-8-7-9-19(14-18)23-21(25)17-10-12-20(13-11-17)27-15-16(3)4/h7-14,16H,5-6,15H2,1-4H3,(H,23,25). The molecule has 0 heterocycles. The van der Waals surface area contributed by atoms with Crippen LogP contribution in [0.3, 0.4) is 0 Å². The number of hydrogen-bond donors (Lipinski definition) is 1. The summed E-state index contributed by atoms with van der Waals surface area (Å²) < 4.78 is 5.63. The maximum absolute atomic E-state index is 12.5. The second-order valence-electron chi connectivity index (χ2n) is 6.74. The van der Waals surface area contributed by atoms with E-state index in [-0.39, 0.29) is 11.8 Å². The number of carbonyl (C=O) groups excluding carboxylic acids is 2. The number of benzene rings is 2. The zero-order valence-corrected chi connectivity index (χ0v) is 16.5. The molecule has 0 aliphatic rings. The predicted molar refractivity (Wildman–Crippen MR) is 108 cm³/mol. The number of ether oxygens (including phenoxy) is 1. The van der Waals surface area contributed by atoms with Crippen molar-refractivity contribution in [3.63, 3.8) is 0 Å². The van der Waals surface area contributed by atoms with Gasteiger partial charge in [-0.05, 0) is 62.2 Å². The summed E-state index contributed by atoms with van der Waals surface area (Å²) in [7, 11) is 0. The molecule has 0 aliphatic heterocycles. The Labute approximate surface area is 161 Å². The van der Waals surface area contributed by atoms with Crippen molar-refractivity contribution in [2.75, 3.05) is 25.0 Å². The van der Waals surface area contributed by atoms with Gasteiger partial charge in [0.2, 0.25) is 0 Å². The number of hydrogen-bond acceptors (Lipinski definition) is 3. The number of carbonyl (C=O) groups is 2. The molecule has 0 radical (unpaired) electrons. The summed E-state index contributed by atoms with van der Waals surface area (Å²) in [5.41, 5.74) is 1.69. The van der Waals surface area contributed by atoms with Crippen LogP contribution in [-0.2, 0) is 0 Å². The number of amides is 2. The first kappa shape index (κ1) is 20.5. The Morgan fingerprint density at radius 3 is 2.26 bits per heavy atom. The van der Waals surface area contributed by atoms with Gasteiger partial charge in [-0.1, -0.05) is 19.9 Å². The molecule has 0 bridgehead atoms.